The topological polar surface area (TPSA) is 69.2 Å². The Morgan fingerprint density at radius 1 is 1.13 bits per heavy atom. The van der Waals surface area contributed by atoms with Gasteiger partial charge in [0.1, 0.15) is 12.4 Å². The zero-order chi connectivity index (χ0) is 20.9. The van der Waals surface area contributed by atoms with Crippen LogP contribution in [0.4, 0.5) is 0 Å². The molecule has 1 aliphatic rings. The van der Waals surface area contributed by atoms with Crippen LogP contribution in [-0.2, 0) is 6.61 Å². The van der Waals surface area contributed by atoms with Gasteiger partial charge >= 0.3 is 0 Å². The van der Waals surface area contributed by atoms with E-state index in [1.165, 1.54) is 0 Å². The second-order valence-electron chi connectivity index (χ2n) is 6.34. The number of benzene rings is 3. The van der Waals surface area contributed by atoms with E-state index in [4.69, 9.17) is 25.8 Å². The van der Waals surface area contributed by atoms with Crippen molar-refractivity contribution in [1.29, 1.82) is 0 Å². The molecule has 3 aromatic rings. The maximum Gasteiger partial charge on any atom is 0.271 e. The van der Waals surface area contributed by atoms with Gasteiger partial charge in [-0.15, -0.1) is 0 Å². The van der Waals surface area contributed by atoms with Gasteiger partial charge in [-0.25, -0.2) is 5.43 Å². The van der Waals surface area contributed by atoms with E-state index >= 15 is 0 Å². The van der Waals surface area contributed by atoms with Crippen LogP contribution in [0.3, 0.4) is 0 Å². The average molecular weight is 488 g/mol. The second kappa shape index (κ2) is 9.19. The summed E-state index contributed by atoms with van der Waals surface area (Å²) in [7, 11) is 0. The van der Waals surface area contributed by atoms with Gasteiger partial charge in [0.25, 0.3) is 5.91 Å². The molecule has 3 aromatic carbocycles. The molecule has 0 unspecified atom stereocenters. The molecule has 0 bridgehead atoms. The number of nitrogens with zero attached hydrogens (tertiary/aromatic N) is 1. The Hall–Kier alpha value is -3.03. The number of hydrazone groups is 1. The molecule has 0 aromatic heterocycles. The first-order chi connectivity index (χ1) is 14.6. The van der Waals surface area contributed by atoms with Gasteiger partial charge < -0.3 is 14.2 Å². The van der Waals surface area contributed by atoms with E-state index in [9.17, 15) is 4.79 Å². The highest BCUT2D eigenvalue weighted by Gasteiger charge is 2.15. The lowest BCUT2D eigenvalue weighted by molar-refractivity contribution is 0.0954. The second-order valence-corrected chi connectivity index (χ2v) is 7.60. The van der Waals surface area contributed by atoms with Gasteiger partial charge in [-0.05, 0) is 64.0 Å². The Morgan fingerprint density at radius 3 is 2.80 bits per heavy atom. The van der Waals surface area contributed by atoms with Crippen LogP contribution >= 0.6 is 27.5 Å². The fraction of sp³-hybridized carbons (Fsp3) is 0.0909. The Balaban J connectivity index is 1.35. The highest BCUT2D eigenvalue weighted by atomic mass is 79.9. The van der Waals surface area contributed by atoms with Crippen molar-refractivity contribution in [3.63, 3.8) is 0 Å². The van der Waals surface area contributed by atoms with Crippen molar-refractivity contribution < 1.29 is 19.0 Å². The number of carbonyl (C=O) groups excluding carboxylic acids is 1. The van der Waals surface area contributed by atoms with Crippen molar-refractivity contribution in [2.75, 3.05) is 6.79 Å². The minimum Gasteiger partial charge on any atom is -0.488 e. The van der Waals surface area contributed by atoms with Crippen LogP contribution in [0.15, 0.2) is 70.2 Å². The molecule has 152 valence electrons. The predicted octanol–water partition coefficient (Wildman–Crippen LogP) is 5.17. The van der Waals surface area contributed by atoms with Crippen LogP contribution in [0.2, 0.25) is 5.02 Å². The largest absolute Gasteiger partial charge is 0.488 e. The standard InChI is InChI=1S/C22H16BrClN2O4/c23-17-9-14(5-7-19(17)28-12-16-3-1-2-4-18(16)24)11-25-26-22(27)15-6-8-20-21(10-15)30-13-29-20/h1-11H,12-13H2,(H,26,27)/b25-11-. The number of ether oxygens (including phenoxy) is 3. The molecule has 0 atom stereocenters. The molecule has 1 heterocycles. The van der Waals surface area contributed by atoms with E-state index in [0.717, 1.165) is 15.6 Å². The first-order valence-electron chi connectivity index (χ1n) is 8.99. The molecule has 8 heteroatoms. The summed E-state index contributed by atoms with van der Waals surface area (Å²) in [5, 5.41) is 4.67. The number of carbonyl (C=O) groups is 1. The van der Waals surface area contributed by atoms with Crippen molar-refractivity contribution in [1.82, 2.24) is 5.43 Å². The molecule has 1 N–H and O–H groups in total. The van der Waals surface area contributed by atoms with Crippen LogP contribution in [-0.4, -0.2) is 18.9 Å². The third kappa shape index (κ3) is 4.75. The summed E-state index contributed by atoms with van der Waals surface area (Å²) < 4.78 is 17.1. The quantitative estimate of drug-likeness (QED) is 0.384. The van der Waals surface area contributed by atoms with Gasteiger partial charge in [0.2, 0.25) is 6.79 Å². The van der Waals surface area contributed by atoms with Crippen LogP contribution in [0.25, 0.3) is 0 Å². The minimum atomic E-state index is -0.344. The molecular weight excluding hydrogens is 472 g/mol. The zero-order valence-corrected chi connectivity index (χ0v) is 17.9. The molecule has 0 radical (unpaired) electrons. The highest BCUT2D eigenvalue weighted by Crippen LogP contribution is 2.32. The Morgan fingerprint density at radius 2 is 1.97 bits per heavy atom. The summed E-state index contributed by atoms with van der Waals surface area (Å²) in [5.74, 6) is 1.50. The van der Waals surface area contributed by atoms with E-state index in [1.807, 2.05) is 42.5 Å². The molecule has 4 rings (SSSR count). The Kier molecular flexibility index (Phi) is 6.21. The lowest BCUT2D eigenvalue weighted by Gasteiger charge is -2.10. The number of hydrogen-bond acceptors (Lipinski definition) is 5. The SMILES string of the molecule is O=C(N/N=C\c1ccc(OCc2ccccc2Cl)c(Br)c1)c1ccc2c(c1)OCO2. The first kappa shape index (κ1) is 20.3. The number of fused-ring (bicyclic) bond motifs is 1. The fourth-order valence-electron chi connectivity index (χ4n) is 2.75. The van der Waals surface area contributed by atoms with Crippen molar-refractivity contribution >= 4 is 39.7 Å². The Labute approximate surface area is 186 Å². The van der Waals surface area contributed by atoms with Crippen LogP contribution in [0.1, 0.15) is 21.5 Å². The number of halogens is 2. The van der Waals surface area contributed by atoms with Crippen LogP contribution in [0.5, 0.6) is 17.2 Å². The third-order valence-electron chi connectivity index (χ3n) is 4.31. The predicted molar refractivity (Wildman–Crippen MR) is 118 cm³/mol. The molecule has 6 nitrogen and oxygen atoms in total. The van der Waals surface area contributed by atoms with Crippen molar-refractivity contribution in [3.8, 4) is 17.2 Å². The van der Waals surface area contributed by atoms with Crippen molar-refractivity contribution in [2.45, 2.75) is 6.61 Å². The summed E-state index contributed by atoms with van der Waals surface area (Å²) in [4.78, 5) is 12.2. The summed E-state index contributed by atoms with van der Waals surface area (Å²) in [6.45, 7) is 0.517. The smallest absolute Gasteiger partial charge is 0.271 e. The zero-order valence-electron chi connectivity index (χ0n) is 15.6. The summed E-state index contributed by atoms with van der Waals surface area (Å²) >= 11 is 9.65. The van der Waals surface area contributed by atoms with E-state index < -0.39 is 0 Å². The molecule has 1 amide bonds. The average Bonchev–Trinajstić information content (AvgIpc) is 3.22. The normalized spacial score (nSPS) is 12.2. The minimum absolute atomic E-state index is 0.158. The van der Waals surface area contributed by atoms with E-state index in [-0.39, 0.29) is 12.7 Å². The van der Waals surface area contributed by atoms with Crippen molar-refractivity contribution in [2.24, 2.45) is 5.10 Å². The van der Waals surface area contributed by atoms with Gasteiger partial charge in [0.05, 0.1) is 10.7 Å². The van der Waals surface area contributed by atoms with E-state index in [1.54, 1.807) is 24.4 Å². The molecule has 30 heavy (non-hydrogen) atoms. The van der Waals surface area contributed by atoms with Crippen LogP contribution in [0, 0.1) is 0 Å². The maximum atomic E-state index is 12.2. The van der Waals surface area contributed by atoms with Crippen molar-refractivity contribution in [3.05, 3.63) is 86.8 Å². The molecular formula is C22H16BrClN2O4. The number of nitrogens with one attached hydrogen (secondary N) is 1. The van der Waals surface area contributed by atoms with Gasteiger partial charge in [-0.3, -0.25) is 4.79 Å². The molecule has 0 spiro atoms. The third-order valence-corrected chi connectivity index (χ3v) is 5.30. The monoisotopic (exact) mass is 486 g/mol. The summed E-state index contributed by atoms with van der Waals surface area (Å²) in [6, 6.07) is 18.0. The van der Waals surface area contributed by atoms with Gasteiger partial charge in [0.15, 0.2) is 11.5 Å². The molecule has 0 aliphatic carbocycles. The first-order valence-corrected chi connectivity index (χ1v) is 10.2. The number of hydrogen-bond donors (Lipinski definition) is 1. The molecule has 1 aliphatic heterocycles. The fourth-order valence-corrected chi connectivity index (χ4v) is 3.45. The summed E-state index contributed by atoms with van der Waals surface area (Å²) in [6.07, 6.45) is 1.55. The molecule has 0 saturated heterocycles. The number of amides is 1. The highest BCUT2D eigenvalue weighted by molar-refractivity contribution is 9.10. The van der Waals surface area contributed by atoms with Gasteiger partial charge in [-0.1, -0.05) is 29.8 Å². The summed E-state index contributed by atoms with van der Waals surface area (Å²) in [5.41, 5.74) is 4.63. The lowest BCUT2D eigenvalue weighted by atomic mass is 10.2. The van der Waals surface area contributed by atoms with E-state index in [2.05, 4.69) is 26.5 Å². The lowest BCUT2D eigenvalue weighted by Crippen LogP contribution is -2.17. The van der Waals surface area contributed by atoms with E-state index in [0.29, 0.717) is 34.4 Å². The number of rotatable bonds is 6. The molecule has 0 fully saturated rings. The maximum absolute atomic E-state index is 12.2. The van der Waals surface area contributed by atoms with Gasteiger partial charge in [-0.2, -0.15) is 5.10 Å². The van der Waals surface area contributed by atoms with Gasteiger partial charge in [0, 0.05) is 16.1 Å². The molecule has 0 saturated carbocycles. The Bertz CT molecular complexity index is 1120. The van der Waals surface area contributed by atoms with Crippen LogP contribution < -0.4 is 19.6 Å².